The molecule has 2 aromatic rings. The molecule has 2 aliphatic rings. The molecule has 0 saturated heterocycles. The fourth-order valence-electron chi connectivity index (χ4n) is 4.29. The summed E-state index contributed by atoms with van der Waals surface area (Å²) in [5, 5.41) is 0.867. The van der Waals surface area contributed by atoms with E-state index in [1.54, 1.807) is 22.8 Å². The van der Waals surface area contributed by atoms with Gasteiger partial charge in [0.25, 0.3) is 5.56 Å². The highest BCUT2D eigenvalue weighted by atomic mass is 32.2. The molecule has 0 bridgehead atoms. The van der Waals surface area contributed by atoms with Crippen molar-refractivity contribution in [2.24, 2.45) is 5.92 Å². The van der Waals surface area contributed by atoms with E-state index in [0.717, 1.165) is 41.3 Å². The largest absolute Gasteiger partial charge is 0.308 e. The third kappa shape index (κ3) is 2.81. The van der Waals surface area contributed by atoms with Gasteiger partial charge in [-0.25, -0.2) is 13.1 Å². The molecule has 1 aliphatic carbocycles. The van der Waals surface area contributed by atoms with Crippen LogP contribution >= 0.6 is 0 Å². The highest BCUT2D eigenvalue weighted by Crippen LogP contribution is 2.31. The van der Waals surface area contributed by atoms with Crippen molar-refractivity contribution >= 4 is 20.9 Å². The van der Waals surface area contributed by atoms with E-state index in [1.165, 1.54) is 6.42 Å². The standard InChI is InChI=1S/C19H24N2O3S/c1-12-5-3-4-6-17(12)20-25(23,24)15-10-14-7-8-21-18(22)9-13(2)16(11-15)19(14)21/h9-12,17,20H,3-8H2,1-2H3/t12-,17-/m1/s1. The molecule has 134 valence electrons. The van der Waals surface area contributed by atoms with Crippen LogP contribution in [0.25, 0.3) is 10.9 Å². The van der Waals surface area contributed by atoms with Crippen LogP contribution in [0.5, 0.6) is 0 Å². The van der Waals surface area contributed by atoms with Crippen molar-refractivity contribution in [2.45, 2.75) is 63.4 Å². The molecule has 5 nitrogen and oxygen atoms in total. The minimum absolute atomic E-state index is 0.00601. The maximum atomic E-state index is 13.0. The number of aromatic nitrogens is 1. The van der Waals surface area contributed by atoms with E-state index in [2.05, 4.69) is 11.6 Å². The van der Waals surface area contributed by atoms with Crippen LogP contribution in [0.2, 0.25) is 0 Å². The molecule has 1 N–H and O–H groups in total. The number of rotatable bonds is 3. The molecular weight excluding hydrogens is 336 g/mol. The molecule has 2 heterocycles. The maximum absolute atomic E-state index is 13.0. The van der Waals surface area contributed by atoms with Crippen LogP contribution in [-0.2, 0) is 23.0 Å². The molecule has 4 rings (SSSR count). The lowest BCUT2D eigenvalue weighted by Gasteiger charge is -2.29. The van der Waals surface area contributed by atoms with Gasteiger partial charge in [-0.3, -0.25) is 4.79 Å². The second-order valence-electron chi connectivity index (χ2n) is 7.54. The summed E-state index contributed by atoms with van der Waals surface area (Å²) in [7, 11) is -3.56. The summed E-state index contributed by atoms with van der Waals surface area (Å²) in [4.78, 5) is 12.5. The Morgan fingerprint density at radius 2 is 1.92 bits per heavy atom. The van der Waals surface area contributed by atoms with Crippen molar-refractivity contribution in [3.8, 4) is 0 Å². The Balaban J connectivity index is 1.79. The summed E-state index contributed by atoms with van der Waals surface area (Å²) in [5.74, 6) is 0.367. The summed E-state index contributed by atoms with van der Waals surface area (Å²) in [6.07, 6.45) is 4.93. The van der Waals surface area contributed by atoms with Crippen LogP contribution < -0.4 is 10.3 Å². The number of aryl methyl sites for hydroxylation is 3. The van der Waals surface area contributed by atoms with Gasteiger partial charge in [0.15, 0.2) is 0 Å². The number of hydrogen-bond acceptors (Lipinski definition) is 3. The van der Waals surface area contributed by atoms with E-state index < -0.39 is 10.0 Å². The molecule has 1 aromatic heterocycles. The summed E-state index contributed by atoms with van der Waals surface area (Å²) in [6, 6.07) is 5.09. The topological polar surface area (TPSA) is 68.2 Å². The molecule has 0 spiro atoms. The molecule has 0 unspecified atom stereocenters. The van der Waals surface area contributed by atoms with Crippen LogP contribution in [-0.4, -0.2) is 19.0 Å². The number of nitrogens with zero attached hydrogens (tertiary/aromatic N) is 1. The van der Waals surface area contributed by atoms with E-state index in [1.807, 2.05) is 6.92 Å². The Hall–Kier alpha value is -1.66. The van der Waals surface area contributed by atoms with Gasteiger partial charge in [0.2, 0.25) is 10.0 Å². The van der Waals surface area contributed by atoms with Crippen molar-refractivity contribution < 1.29 is 8.42 Å². The van der Waals surface area contributed by atoms with E-state index in [4.69, 9.17) is 0 Å². The number of benzene rings is 1. The zero-order valence-corrected chi connectivity index (χ0v) is 15.5. The second-order valence-corrected chi connectivity index (χ2v) is 9.25. The average Bonchev–Trinajstić information content (AvgIpc) is 2.99. The van der Waals surface area contributed by atoms with Crippen LogP contribution in [0.4, 0.5) is 0 Å². The predicted octanol–water partition coefficient (Wildman–Crippen LogP) is 2.72. The minimum atomic E-state index is -3.56. The first-order valence-electron chi connectivity index (χ1n) is 9.06. The Morgan fingerprint density at radius 1 is 1.16 bits per heavy atom. The van der Waals surface area contributed by atoms with Crippen LogP contribution in [0, 0.1) is 12.8 Å². The summed E-state index contributed by atoms with van der Waals surface area (Å²) in [5.41, 5.74) is 2.68. The third-order valence-corrected chi connectivity index (χ3v) is 7.27. The van der Waals surface area contributed by atoms with Crippen molar-refractivity contribution in [2.75, 3.05) is 0 Å². The molecular formula is C19H24N2O3S. The normalized spacial score (nSPS) is 23.3. The number of sulfonamides is 1. The third-order valence-electron chi connectivity index (χ3n) is 5.80. The molecule has 0 amide bonds. The molecule has 1 fully saturated rings. The zero-order chi connectivity index (χ0) is 17.8. The van der Waals surface area contributed by atoms with Gasteiger partial charge in [-0.2, -0.15) is 0 Å². The lowest BCUT2D eigenvalue weighted by molar-refractivity contribution is 0.310. The van der Waals surface area contributed by atoms with Gasteiger partial charge in [0, 0.05) is 24.0 Å². The molecule has 1 aromatic carbocycles. The molecule has 0 radical (unpaired) electrons. The van der Waals surface area contributed by atoms with E-state index >= 15 is 0 Å². The van der Waals surface area contributed by atoms with Crippen molar-refractivity contribution in [3.63, 3.8) is 0 Å². The van der Waals surface area contributed by atoms with Gasteiger partial charge >= 0.3 is 0 Å². The number of hydrogen-bond donors (Lipinski definition) is 1. The van der Waals surface area contributed by atoms with E-state index in [9.17, 15) is 13.2 Å². The summed E-state index contributed by atoms with van der Waals surface area (Å²) in [6.45, 7) is 4.62. The maximum Gasteiger partial charge on any atom is 0.251 e. The average molecular weight is 360 g/mol. The first kappa shape index (κ1) is 16.8. The first-order chi connectivity index (χ1) is 11.9. The van der Waals surface area contributed by atoms with Crippen LogP contribution in [0.15, 0.2) is 27.9 Å². The van der Waals surface area contributed by atoms with E-state index in [-0.39, 0.29) is 11.6 Å². The minimum Gasteiger partial charge on any atom is -0.308 e. The van der Waals surface area contributed by atoms with Crippen molar-refractivity contribution in [3.05, 3.63) is 39.7 Å². The molecule has 2 atom stereocenters. The Bertz CT molecular complexity index is 1010. The molecule has 6 heteroatoms. The van der Waals surface area contributed by atoms with Gasteiger partial charge in [0.05, 0.1) is 10.4 Å². The van der Waals surface area contributed by atoms with Gasteiger partial charge in [0.1, 0.15) is 0 Å². The highest BCUT2D eigenvalue weighted by molar-refractivity contribution is 7.89. The van der Waals surface area contributed by atoms with Crippen molar-refractivity contribution in [1.82, 2.24) is 9.29 Å². The quantitative estimate of drug-likeness (QED) is 0.915. The van der Waals surface area contributed by atoms with Gasteiger partial charge < -0.3 is 4.57 Å². The molecule has 25 heavy (non-hydrogen) atoms. The molecule has 1 saturated carbocycles. The summed E-state index contributed by atoms with van der Waals surface area (Å²) >= 11 is 0. The predicted molar refractivity (Wildman–Crippen MR) is 98.4 cm³/mol. The second kappa shape index (κ2) is 5.95. The van der Waals surface area contributed by atoms with Gasteiger partial charge in [-0.05, 0) is 55.4 Å². The van der Waals surface area contributed by atoms with E-state index in [0.29, 0.717) is 23.8 Å². The molecule has 1 aliphatic heterocycles. The zero-order valence-electron chi connectivity index (χ0n) is 14.7. The van der Waals surface area contributed by atoms with Crippen LogP contribution in [0.3, 0.4) is 0 Å². The fourth-order valence-corrected chi connectivity index (χ4v) is 5.75. The first-order valence-corrected chi connectivity index (χ1v) is 10.5. The van der Waals surface area contributed by atoms with Gasteiger partial charge in [-0.15, -0.1) is 0 Å². The fraction of sp³-hybridized carbons (Fsp3) is 0.526. The lowest BCUT2D eigenvalue weighted by Crippen LogP contribution is -2.41. The Kier molecular flexibility index (Phi) is 4.00. The monoisotopic (exact) mass is 360 g/mol. The Morgan fingerprint density at radius 3 is 2.68 bits per heavy atom. The van der Waals surface area contributed by atoms with Crippen molar-refractivity contribution in [1.29, 1.82) is 0 Å². The smallest absolute Gasteiger partial charge is 0.251 e. The van der Waals surface area contributed by atoms with Gasteiger partial charge in [-0.1, -0.05) is 19.8 Å². The lowest BCUT2D eigenvalue weighted by atomic mass is 9.87. The highest BCUT2D eigenvalue weighted by Gasteiger charge is 2.28. The van der Waals surface area contributed by atoms with Crippen LogP contribution in [0.1, 0.15) is 43.7 Å². The SMILES string of the molecule is Cc1cc(=O)n2c3c(cc(S(=O)(=O)N[C@@H]4CCCC[C@H]4C)cc13)CC2. The Labute approximate surface area is 148 Å². The summed E-state index contributed by atoms with van der Waals surface area (Å²) < 4.78 is 30.6. The number of pyridine rings is 1. The number of nitrogens with one attached hydrogen (secondary N) is 1.